The second-order valence-corrected chi connectivity index (χ2v) is 5.69. The van der Waals surface area contributed by atoms with Crippen LogP contribution in [0.5, 0.6) is 0 Å². The zero-order chi connectivity index (χ0) is 12.3. The molecule has 17 heavy (non-hydrogen) atoms. The largest absolute Gasteiger partial charge is 0.387 e. The van der Waals surface area contributed by atoms with E-state index in [0.717, 1.165) is 23.9 Å². The van der Waals surface area contributed by atoms with E-state index in [1.165, 1.54) is 4.88 Å². The summed E-state index contributed by atoms with van der Waals surface area (Å²) < 4.78 is 0. The van der Waals surface area contributed by atoms with Gasteiger partial charge in [-0.05, 0) is 25.3 Å². The second kappa shape index (κ2) is 5.62. The molecule has 0 saturated carbocycles. The van der Waals surface area contributed by atoms with Crippen LogP contribution < -0.4 is 4.90 Å². The highest BCUT2D eigenvalue weighted by Crippen LogP contribution is 2.25. The molecule has 1 atom stereocenters. The van der Waals surface area contributed by atoms with E-state index in [-0.39, 0.29) is 0 Å². The molecule has 0 fully saturated rings. The molecule has 2 heterocycles. The van der Waals surface area contributed by atoms with Crippen molar-refractivity contribution in [2.75, 3.05) is 11.4 Å². The highest BCUT2D eigenvalue weighted by molar-refractivity contribution is 7.13. The second-order valence-electron chi connectivity index (χ2n) is 3.82. The fourth-order valence-electron chi connectivity index (χ4n) is 1.52. The van der Waals surface area contributed by atoms with Gasteiger partial charge in [0, 0.05) is 16.8 Å². The Balaban J connectivity index is 2.11. The van der Waals surface area contributed by atoms with Crippen molar-refractivity contribution in [1.29, 1.82) is 0 Å². The van der Waals surface area contributed by atoms with Crippen LogP contribution in [0.15, 0.2) is 22.9 Å². The number of aromatic nitrogens is 1. The van der Waals surface area contributed by atoms with E-state index < -0.39 is 6.10 Å². The molecule has 2 rings (SSSR count). The molecule has 1 N–H and O–H groups in total. The lowest BCUT2D eigenvalue weighted by Crippen LogP contribution is -2.21. The van der Waals surface area contributed by atoms with Gasteiger partial charge in [-0.2, -0.15) is 0 Å². The van der Waals surface area contributed by atoms with Crippen LogP contribution in [-0.2, 0) is 6.54 Å². The van der Waals surface area contributed by atoms with Gasteiger partial charge < -0.3 is 10.0 Å². The van der Waals surface area contributed by atoms with Crippen molar-refractivity contribution in [2.45, 2.75) is 26.5 Å². The Morgan fingerprint density at radius 2 is 2.29 bits per heavy atom. The topological polar surface area (TPSA) is 36.4 Å². The monoisotopic (exact) mass is 268 g/mol. The van der Waals surface area contributed by atoms with Crippen molar-refractivity contribution in [3.63, 3.8) is 0 Å². The number of aliphatic hydroxyl groups is 1. The summed E-state index contributed by atoms with van der Waals surface area (Å²) in [7, 11) is 0. The van der Waals surface area contributed by atoms with Gasteiger partial charge in [0.15, 0.2) is 5.13 Å². The van der Waals surface area contributed by atoms with Crippen molar-refractivity contribution in [3.05, 3.63) is 33.5 Å². The summed E-state index contributed by atoms with van der Waals surface area (Å²) in [6.45, 7) is 5.68. The molecular formula is C12H16N2OS2. The number of nitrogens with zero attached hydrogens (tertiary/aromatic N) is 2. The zero-order valence-electron chi connectivity index (χ0n) is 9.96. The van der Waals surface area contributed by atoms with Crippen molar-refractivity contribution in [3.8, 4) is 0 Å². The van der Waals surface area contributed by atoms with Gasteiger partial charge in [0.2, 0.25) is 0 Å². The van der Waals surface area contributed by atoms with Crippen LogP contribution in [0, 0.1) is 0 Å². The summed E-state index contributed by atoms with van der Waals surface area (Å²) in [5, 5.41) is 14.5. The lowest BCUT2D eigenvalue weighted by molar-refractivity contribution is 0.195. The standard InChI is InChI=1S/C12H16N2OS2/c1-3-14(7-10-5-4-6-16-10)12-13-11(8-17-12)9(2)15/h4-6,8-9,15H,3,7H2,1-2H3. The highest BCUT2D eigenvalue weighted by atomic mass is 32.1. The van der Waals surface area contributed by atoms with Crippen LogP contribution in [0.4, 0.5) is 5.13 Å². The number of anilines is 1. The maximum Gasteiger partial charge on any atom is 0.185 e. The first-order valence-corrected chi connectivity index (χ1v) is 7.37. The smallest absolute Gasteiger partial charge is 0.185 e. The first kappa shape index (κ1) is 12.5. The summed E-state index contributed by atoms with van der Waals surface area (Å²) in [6.07, 6.45) is -0.486. The van der Waals surface area contributed by atoms with E-state index in [0.29, 0.717) is 0 Å². The number of rotatable bonds is 5. The number of thiazole rings is 1. The first-order chi connectivity index (χ1) is 8.20. The summed E-state index contributed by atoms with van der Waals surface area (Å²) in [5.74, 6) is 0. The van der Waals surface area contributed by atoms with Gasteiger partial charge in [0.25, 0.3) is 0 Å². The molecule has 0 aliphatic rings. The summed E-state index contributed by atoms with van der Waals surface area (Å²) >= 11 is 3.35. The van der Waals surface area contributed by atoms with E-state index in [1.54, 1.807) is 29.6 Å². The molecule has 3 nitrogen and oxygen atoms in total. The molecule has 0 aliphatic heterocycles. The number of thiophene rings is 1. The first-order valence-electron chi connectivity index (χ1n) is 5.61. The minimum atomic E-state index is -0.486. The Bertz CT molecular complexity index is 451. The molecule has 0 aromatic carbocycles. The lowest BCUT2D eigenvalue weighted by atomic mass is 10.3. The predicted molar refractivity (Wildman–Crippen MR) is 73.8 cm³/mol. The van der Waals surface area contributed by atoms with Crippen LogP contribution >= 0.6 is 22.7 Å². The van der Waals surface area contributed by atoms with E-state index in [4.69, 9.17) is 0 Å². The summed E-state index contributed by atoms with van der Waals surface area (Å²) in [6, 6.07) is 4.20. The Kier molecular flexibility index (Phi) is 4.15. The van der Waals surface area contributed by atoms with Gasteiger partial charge in [0.05, 0.1) is 18.3 Å². The molecule has 92 valence electrons. The third-order valence-corrected chi connectivity index (χ3v) is 4.30. The average molecular weight is 268 g/mol. The molecule has 0 amide bonds. The highest BCUT2D eigenvalue weighted by Gasteiger charge is 2.12. The molecule has 0 radical (unpaired) electrons. The molecule has 2 aromatic heterocycles. The molecule has 2 aromatic rings. The van der Waals surface area contributed by atoms with E-state index >= 15 is 0 Å². The minimum Gasteiger partial charge on any atom is -0.387 e. The van der Waals surface area contributed by atoms with Crippen LogP contribution in [0.1, 0.15) is 30.5 Å². The SMILES string of the molecule is CCN(Cc1cccs1)c1nc(C(C)O)cs1. The van der Waals surface area contributed by atoms with Gasteiger partial charge >= 0.3 is 0 Å². The third-order valence-electron chi connectivity index (χ3n) is 2.52. The average Bonchev–Trinajstić information content (AvgIpc) is 2.96. The van der Waals surface area contributed by atoms with Crippen LogP contribution in [-0.4, -0.2) is 16.6 Å². The number of aliphatic hydroxyl groups excluding tert-OH is 1. The van der Waals surface area contributed by atoms with Crippen molar-refractivity contribution in [1.82, 2.24) is 4.98 Å². The van der Waals surface area contributed by atoms with Gasteiger partial charge in [-0.1, -0.05) is 6.07 Å². The van der Waals surface area contributed by atoms with Crippen LogP contribution in [0.3, 0.4) is 0 Å². The number of hydrogen-bond acceptors (Lipinski definition) is 5. The number of hydrogen-bond donors (Lipinski definition) is 1. The van der Waals surface area contributed by atoms with E-state index in [2.05, 4.69) is 34.3 Å². The lowest BCUT2D eigenvalue weighted by Gasteiger charge is -2.18. The Morgan fingerprint density at radius 1 is 1.47 bits per heavy atom. The molecule has 1 unspecified atom stereocenters. The van der Waals surface area contributed by atoms with Gasteiger partial charge in [0.1, 0.15) is 0 Å². The normalized spacial score (nSPS) is 12.6. The van der Waals surface area contributed by atoms with Crippen molar-refractivity contribution < 1.29 is 5.11 Å². The maximum atomic E-state index is 9.48. The Morgan fingerprint density at radius 3 is 2.82 bits per heavy atom. The quantitative estimate of drug-likeness (QED) is 0.904. The van der Waals surface area contributed by atoms with Crippen LogP contribution in [0.25, 0.3) is 0 Å². The predicted octanol–water partition coefficient (Wildman–Crippen LogP) is 3.28. The molecule has 0 bridgehead atoms. The van der Waals surface area contributed by atoms with Gasteiger partial charge in [-0.3, -0.25) is 0 Å². The Hall–Kier alpha value is -0.910. The summed E-state index contributed by atoms with van der Waals surface area (Å²) in [5.41, 5.74) is 0.759. The molecule has 0 aliphatic carbocycles. The fraction of sp³-hybridized carbons (Fsp3) is 0.417. The van der Waals surface area contributed by atoms with E-state index in [9.17, 15) is 5.11 Å². The fourth-order valence-corrected chi connectivity index (χ4v) is 3.21. The van der Waals surface area contributed by atoms with Crippen molar-refractivity contribution >= 4 is 27.8 Å². The minimum absolute atomic E-state index is 0.486. The molecule has 0 spiro atoms. The molecule has 0 saturated heterocycles. The van der Waals surface area contributed by atoms with E-state index in [1.807, 2.05) is 5.38 Å². The van der Waals surface area contributed by atoms with Gasteiger partial charge in [-0.15, -0.1) is 22.7 Å². The maximum absolute atomic E-state index is 9.48. The van der Waals surface area contributed by atoms with Crippen molar-refractivity contribution in [2.24, 2.45) is 0 Å². The third kappa shape index (κ3) is 3.06. The zero-order valence-corrected chi connectivity index (χ0v) is 11.6. The summed E-state index contributed by atoms with van der Waals surface area (Å²) in [4.78, 5) is 8.02. The van der Waals surface area contributed by atoms with Gasteiger partial charge in [-0.25, -0.2) is 4.98 Å². The Labute approximate surface area is 109 Å². The molecule has 5 heteroatoms. The van der Waals surface area contributed by atoms with Crippen LogP contribution in [0.2, 0.25) is 0 Å². The molecular weight excluding hydrogens is 252 g/mol.